The molecule has 2 heteroatoms. The van der Waals surface area contributed by atoms with Crippen LogP contribution in [0.15, 0.2) is 12.2 Å². The van der Waals surface area contributed by atoms with E-state index in [1.54, 1.807) is 6.92 Å². The van der Waals surface area contributed by atoms with E-state index in [0.29, 0.717) is 6.42 Å². The van der Waals surface area contributed by atoms with Crippen molar-refractivity contribution < 1.29 is 10.2 Å². The molecule has 78 valence electrons. The molecule has 0 aromatic heterocycles. The van der Waals surface area contributed by atoms with Gasteiger partial charge in [0.2, 0.25) is 0 Å². The molecule has 0 amide bonds. The largest absolute Gasteiger partial charge is 0.393 e. The number of hydrogen-bond donors (Lipinski definition) is 2. The summed E-state index contributed by atoms with van der Waals surface area (Å²) >= 11 is 0. The third kappa shape index (κ3) is 4.44. The number of rotatable bonds is 6. The first-order chi connectivity index (χ1) is 6.02. The molecular weight excluding hydrogens is 164 g/mol. The first kappa shape index (κ1) is 12.7. The predicted molar refractivity (Wildman–Crippen MR) is 55.5 cm³/mol. The van der Waals surface area contributed by atoms with E-state index < -0.39 is 12.2 Å². The molecule has 3 atom stereocenters. The molecule has 0 spiro atoms. The molecule has 2 nitrogen and oxygen atoms in total. The van der Waals surface area contributed by atoms with Crippen molar-refractivity contribution in [3.63, 3.8) is 0 Å². The maximum atomic E-state index is 9.76. The van der Waals surface area contributed by atoms with Gasteiger partial charge in [0.25, 0.3) is 0 Å². The van der Waals surface area contributed by atoms with E-state index in [9.17, 15) is 10.2 Å². The summed E-state index contributed by atoms with van der Waals surface area (Å²) in [6.45, 7) is 9.58. The van der Waals surface area contributed by atoms with E-state index in [-0.39, 0.29) is 5.92 Å². The molecular formula is C11H22O2. The van der Waals surface area contributed by atoms with Crippen LogP contribution in [0.5, 0.6) is 0 Å². The zero-order chi connectivity index (χ0) is 10.4. The van der Waals surface area contributed by atoms with Crippen LogP contribution in [0.4, 0.5) is 0 Å². The van der Waals surface area contributed by atoms with Gasteiger partial charge in [-0.3, -0.25) is 0 Å². The maximum Gasteiger partial charge on any atom is 0.0629 e. The van der Waals surface area contributed by atoms with Gasteiger partial charge in [0.05, 0.1) is 12.2 Å². The van der Waals surface area contributed by atoms with E-state index in [0.717, 1.165) is 18.4 Å². The Kier molecular flexibility index (Phi) is 6.00. The van der Waals surface area contributed by atoms with Gasteiger partial charge in [-0.05, 0) is 26.2 Å². The van der Waals surface area contributed by atoms with Gasteiger partial charge in [0.15, 0.2) is 0 Å². The quantitative estimate of drug-likeness (QED) is 0.624. The lowest BCUT2D eigenvalue weighted by molar-refractivity contribution is 0.0200. The van der Waals surface area contributed by atoms with E-state index in [4.69, 9.17) is 0 Å². The number of aliphatic hydroxyl groups excluding tert-OH is 2. The molecule has 0 saturated carbocycles. The van der Waals surface area contributed by atoms with Crippen LogP contribution in [0, 0.1) is 5.92 Å². The molecule has 0 aliphatic carbocycles. The second kappa shape index (κ2) is 6.17. The van der Waals surface area contributed by atoms with Crippen molar-refractivity contribution in [3.8, 4) is 0 Å². The lowest BCUT2D eigenvalue weighted by atomic mass is 9.90. The minimum absolute atomic E-state index is 0.0247. The summed E-state index contributed by atoms with van der Waals surface area (Å²) in [4.78, 5) is 0. The van der Waals surface area contributed by atoms with Crippen molar-refractivity contribution in [3.05, 3.63) is 12.2 Å². The second-order valence-electron chi connectivity index (χ2n) is 3.69. The Hall–Kier alpha value is -0.340. The molecule has 0 radical (unpaired) electrons. The van der Waals surface area contributed by atoms with Crippen molar-refractivity contribution >= 4 is 0 Å². The minimum atomic E-state index is -0.447. The summed E-state index contributed by atoms with van der Waals surface area (Å²) in [5.74, 6) is -0.0247. The SMILES string of the molecule is C=C(CC)C[C@@H](O)[C@H](CC)[C@@H](C)O. The van der Waals surface area contributed by atoms with Crippen LogP contribution in [0.1, 0.15) is 40.0 Å². The first-order valence-corrected chi connectivity index (χ1v) is 5.05. The topological polar surface area (TPSA) is 40.5 Å². The van der Waals surface area contributed by atoms with Crippen molar-refractivity contribution in [1.82, 2.24) is 0 Å². The van der Waals surface area contributed by atoms with Crippen molar-refractivity contribution in [2.75, 3.05) is 0 Å². The number of aliphatic hydroxyl groups is 2. The molecule has 0 rings (SSSR count). The van der Waals surface area contributed by atoms with E-state index in [1.165, 1.54) is 0 Å². The van der Waals surface area contributed by atoms with Crippen LogP contribution < -0.4 is 0 Å². The van der Waals surface area contributed by atoms with Gasteiger partial charge < -0.3 is 10.2 Å². The smallest absolute Gasteiger partial charge is 0.0629 e. The van der Waals surface area contributed by atoms with Gasteiger partial charge in [-0.2, -0.15) is 0 Å². The monoisotopic (exact) mass is 186 g/mol. The van der Waals surface area contributed by atoms with Crippen LogP contribution in [0.2, 0.25) is 0 Å². The molecule has 0 bridgehead atoms. The highest BCUT2D eigenvalue weighted by Gasteiger charge is 2.22. The summed E-state index contributed by atoms with van der Waals surface area (Å²) in [5, 5.41) is 19.1. The summed E-state index contributed by atoms with van der Waals surface area (Å²) in [7, 11) is 0. The molecule has 0 fully saturated rings. The van der Waals surface area contributed by atoms with Crippen LogP contribution in [0.3, 0.4) is 0 Å². The standard InChI is InChI=1S/C11H22O2/c1-5-8(3)7-11(13)10(6-2)9(4)12/h9-13H,3,5-7H2,1-2,4H3/t9-,10-,11-/m1/s1. The van der Waals surface area contributed by atoms with Gasteiger partial charge in [-0.15, -0.1) is 0 Å². The highest BCUT2D eigenvalue weighted by molar-refractivity contribution is 4.96. The lowest BCUT2D eigenvalue weighted by Crippen LogP contribution is -2.29. The Morgan fingerprint density at radius 3 is 2.15 bits per heavy atom. The van der Waals surface area contributed by atoms with E-state index >= 15 is 0 Å². The second-order valence-corrected chi connectivity index (χ2v) is 3.69. The van der Waals surface area contributed by atoms with Gasteiger partial charge >= 0.3 is 0 Å². The van der Waals surface area contributed by atoms with Gasteiger partial charge in [-0.25, -0.2) is 0 Å². The molecule has 0 aromatic carbocycles. The summed E-state index contributed by atoms with van der Waals surface area (Å²) in [5.41, 5.74) is 1.05. The van der Waals surface area contributed by atoms with Crippen LogP contribution >= 0.6 is 0 Å². The number of hydrogen-bond acceptors (Lipinski definition) is 2. The molecule has 13 heavy (non-hydrogen) atoms. The summed E-state index contributed by atoms with van der Waals surface area (Å²) in [6, 6.07) is 0. The third-order valence-electron chi connectivity index (χ3n) is 2.58. The van der Waals surface area contributed by atoms with Crippen LogP contribution in [0.25, 0.3) is 0 Å². The van der Waals surface area contributed by atoms with Gasteiger partial charge in [0.1, 0.15) is 0 Å². The zero-order valence-corrected chi connectivity index (χ0v) is 8.95. The fourth-order valence-electron chi connectivity index (χ4n) is 1.53. The minimum Gasteiger partial charge on any atom is -0.393 e. The maximum absolute atomic E-state index is 9.76. The van der Waals surface area contributed by atoms with E-state index in [1.807, 2.05) is 13.8 Å². The Morgan fingerprint density at radius 1 is 1.31 bits per heavy atom. The highest BCUT2D eigenvalue weighted by atomic mass is 16.3. The first-order valence-electron chi connectivity index (χ1n) is 5.05. The van der Waals surface area contributed by atoms with Crippen LogP contribution in [-0.4, -0.2) is 22.4 Å². The van der Waals surface area contributed by atoms with Crippen molar-refractivity contribution in [2.45, 2.75) is 52.2 Å². The summed E-state index contributed by atoms with van der Waals surface area (Å²) < 4.78 is 0. The summed E-state index contributed by atoms with van der Waals surface area (Å²) in [6.07, 6.45) is 1.42. The average Bonchev–Trinajstić information content (AvgIpc) is 2.04. The molecule has 2 N–H and O–H groups in total. The fraction of sp³-hybridized carbons (Fsp3) is 0.818. The third-order valence-corrected chi connectivity index (χ3v) is 2.58. The molecule has 0 aromatic rings. The Labute approximate surface area is 81.3 Å². The molecule has 0 aliphatic heterocycles. The van der Waals surface area contributed by atoms with Gasteiger partial charge in [0, 0.05) is 5.92 Å². The average molecular weight is 186 g/mol. The fourth-order valence-corrected chi connectivity index (χ4v) is 1.53. The zero-order valence-electron chi connectivity index (χ0n) is 8.95. The van der Waals surface area contributed by atoms with Crippen molar-refractivity contribution in [1.29, 1.82) is 0 Å². The Morgan fingerprint density at radius 2 is 1.85 bits per heavy atom. The molecule has 0 saturated heterocycles. The Balaban J connectivity index is 4.05. The molecule has 0 heterocycles. The normalized spacial score (nSPS) is 17.9. The molecule has 0 aliphatic rings. The Bertz CT molecular complexity index is 152. The van der Waals surface area contributed by atoms with Gasteiger partial charge in [-0.1, -0.05) is 26.0 Å². The van der Waals surface area contributed by atoms with E-state index in [2.05, 4.69) is 6.58 Å². The van der Waals surface area contributed by atoms with Crippen LogP contribution in [-0.2, 0) is 0 Å². The molecule has 0 unspecified atom stereocenters. The van der Waals surface area contributed by atoms with Crippen molar-refractivity contribution in [2.24, 2.45) is 5.92 Å². The highest BCUT2D eigenvalue weighted by Crippen LogP contribution is 2.20. The predicted octanol–water partition coefficient (Wildman–Crippen LogP) is 2.11. The lowest BCUT2D eigenvalue weighted by Gasteiger charge is -2.24.